The van der Waals surface area contributed by atoms with Crippen molar-refractivity contribution in [2.24, 2.45) is 5.73 Å². The minimum atomic E-state index is -0.939. The fourth-order valence-corrected chi connectivity index (χ4v) is 1.51. The Bertz CT molecular complexity index is 513. The Kier molecular flexibility index (Phi) is 3.91. The first-order chi connectivity index (χ1) is 8.76. The van der Waals surface area contributed by atoms with Crippen LogP contribution in [0.15, 0.2) is 28.8 Å². The summed E-state index contributed by atoms with van der Waals surface area (Å²) in [5.41, 5.74) is 6.05. The smallest absolute Gasteiger partial charge is 0.257 e. The molecule has 0 unspecified atom stereocenters. The summed E-state index contributed by atoms with van der Waals surface area (Å²) in [7, 11) is 0. The zero-order valence-electron chi connectivity index (χ0n) is 10.0. The van der Waals surface area contributed by atoms with Crippen molar-refractivity contribution < 1.29 is 14.4 Å². The highest BCUT2D eigenvalue weighted by molar-refractivity contribution is 5.63. The van der Waals surface area contributed by atoms with Crippen molar-refractivity contribution in [1.29, 1.82) is 0 Å². The van der Waals surface area contributed by atoms with Crippen molar-refractivity contribution in [3.8, 4) is 17.1 Å². The second kappa shape index (κ2) is 5.61. The maximum atomic E-state index is 9.51. The Balaban J connectivity index is 2.33. The SMILES string of the molecule is CCOc1ccccc1-c1noc([C@@H](O)CN)n1. The maximum Gasteiger partial charge on any atom is 0.257 e. The van der Waals surface area contributed by atoms with Crippen molar-refractivity contribution in [2.75, 3.05) is 13.2 Å². The number of hydrogen-bond acceptors (Lipinski definition) is 6. The standard InChI is InChI=1S/C12H15N3O3/c1-2-17-10-6-4-3-5-8(10)11-14-12(18-15-11)9(16)7-13/h3-6,9,16H,2,7,13H2,1H3/t9-/m0/s1. The zero-order valence-corrected chi connectivity index (χ0v) is 10.0. The van der Waals surface area contributed by atoms with Crippen LogP contribution in [-0.2, 0) is 0 Å². The molecule has 18 heavy (non-hydrogen) atoms. The van der Waals surface area contributed by atoms with E-state index in [0.717, 1.165) is 5.56 Å². The molecule has 0 saturated carbocycles. The van der Waals surface area contributed by atoms with Crippen LogP contribution in [0, 0.1) is 0 Å². The molecule has 1 aromatic carbocycles. The molecule has 2 aromatic rings. The third kappa shape index (κ3) is 2.49. The van der Waals surface area contributed by atoms with Crippen molar-refractivity contribution in [1.82, 2.24) is 10.1 Å². The second-order valence-corrected chi connectivity index (χ2v) is 3.64. The number of benzene rings is 1. The molecule has 2 rings (SSSR count). The Hall–Kier alpha value is -1.92. The van der Waals surface area contributed by atoms with Crippen LogP contribution in [0.5, 0.6) is 5.75 Å². The summed E-state index contributed by atoms with van der Waals surface area (Å²) in [5, 5.41) is 13.3. The van der Waals surface area contributed by atoms with E-state index in [9.17, 15) is 5.11 Å². The topological polar surface area (TPSA) is 94.4 Å². The molecule has 1 heterocycles. The lowest BCUT2D eigenvalue weighted by atomic mass is 10.2. The first-order valence-corrected chi connectivity index (χ1v) is 5.70. The summed E-state index contributed by atoms with van der Waals surface area (Å²) in [4.78, 5) is 4.11. The number of rotatable bonds is 5. The van der Waals surface area contributed by atoms with Gasteiger partial charge in [-0.2, -0.15) is 4.98 Å². The minimum absolute atomic E-state index is 0.0364. The van der Waals surface area contributed by atoms with E-state index in [0.29, 0.717) is 18.2 Å². The Morgan fingerprint density at radius 2 is 2.22 bits per heavy atom. The zero-order chi connectivity index (χ0) is 13.0. The van der Waals surface area contributed by atoms with Crippen molar-refractivity contribution in [3.05, 3.63) is 30.2 Å². The number of para-hydroxylation sites is 1. The van der Waals surface area contributed by atoms with Gasteiger partial charge in [-0.1, -0.05) is 17.3 Å². The van der Waals surface area contributed by atoms with Gasteiger partial charge in [0.25, 0.3) is 5.89 Å². The fraction of sp³-hybridized carbons (Fsp3) is 0.333. The van der Waals surface area contributed by atoms with Gasteiger partial charge in [0.15, 0.2) is 0 Å². The van der Waals surface area contributed by atoms with E-state index >= 15 is 0 Å². The third-order valence-electron chi connectivity index (χ3n) is 2.38. The molecule has 0 fully saturated rings. The minimum Gasteiger partial charge on any atom is -0.493 e. The molecular weight excluding hydrogens is 234 g/mol. The average Bonchev–Trinajstić information content (AvgIpc) is 2.88. The lowest BCUT2D eigenvalue weighted by Crippen LogP contribution is -2.11. The number of ether oxygens (including phenoxy) is 1. The van der Waals surface area contributed by atoms with Gasteiger partial charge in [0, 0.05) is 6.54 Å². The summed E-state index contributed by atoms with van der Waals surface area (Å²) in [6.45, 7) is 2.48. The van der Waals surface area contributed by atoms with Crippen molar-refractivity contribution in [3.63, 3.8) is 0 Å². The molecule has 6 nitrogen and oxygen atoms in total. The van der Waals surface area contributed by atoms with Gasteiger partial charge in [-0.15, -0.1) is 0 Å². The quantitative estimate of drug-likeness (QED) is 0.824. The monoisotopic (exact) mass is 249 g/mol. The Morgan fingerprint density at radius 3 is 2.94 bits per heavy atom. The van der Waals surface area contributed by atoms with Crippen LogP contribution >= 0.6 is 0 Å². The lowest BCUT2D eigenvalue weighted by Gasteiger charge is -2.06. The van der Waals surface area contributed by atoms with Crippen LogP contribution < -0.4 is 10.5 Å². The number of aliphatic hydroxyl groups excluding tert-OH is 1. The molecule has 0 aliphatic rings. The number of nitrogens with two attached hydrogens (primary N) is 1. The summed E-state index contributed by atoms with van der Waals surface area (Å²) in [5.74, 6) is 1.16. The first kappa shape index (κ1) is 12.5. The van der Waals surface area contributed by atoms with Crippen LogP contribution in [0.4, 0.5) is 0 Å². The van der Waals surface area contributed by atoms with E-state index in [4.69, 9.17) is 15.0 Å². The number of aromatic nitrogens is 2. The molecule has 6 heteroatoms. The van der Waals surface area contributed by atoms with Gasteiger partial charge in [0.05, 0.1) is 12.2 Å². The predicted octanol–water partition coefficient (Wildman–Crippen LogP) is 1.13. The Labute approximate surface area is 104 Å². The molecule has 1 aromatic heterocycles. The van der Waals surface area contributed by atoms with Crippen LogP contribution in [-0.4, -0.2) is 28.4 Å². The van der Waals surface area contributed by atoms with Crippen molar-refractivity contribution in [2.45, 2.75) is 13.0 Å². The first-order valence-electron chi connectivity index (χ1n) is 5.70. The van der Waals surface area contributed by atoms with E-state index in [2.05, 4.69) is 10.1 Å². The highest BCUT2D eigenvalue weighted by Crippen LogP contribution is 2.28. The van der Waals surface area contributed by atoms with Gasteiger partial charge >= 0.3 is 0 Å². The molecule has 1 atom stereocenters. The van der Waals surface area contributed by atoms with Crippen molar-refractivity contribution >= 4 is 0 Å². The molecule has 0 bridgehead atoms. The molecule has 3 N–H and O–H groups in total. The van der Waals surface area contributed by atoms with E-state index < -0.39 is 6.10 Å². The fourth-order valence-electron chi connectivity index (χ4n) is 1.51. The summed E-state index contributed by atoms with van der Waals surface area (Å²) < 4.78 is 10.4. The van der Waals surface area contributed by atoms with E-state index in [-0.39, 0.29) is 12.4 Å². The van der Waals surface area contributed by atoms with Gasteiger partial charge in [-0.3, -0.25) is 0 Å². The summed E-state index contributed by atoms with van der Waals surface area (Å²) in [6, 6.07) is 7.38. The van der Waals surface area contributed by atoms with E-state index in [1.807, 2.05) is 31.2 Å². The second-order valence-electron chi connectivity index (χ2n) is 3.64. The van der Waals surface area contributed by atoms with Gasteiger partial charge in [0.2, 0.25) is 5.82 Å². The van der Waals surface area contributed by atoms with Gasteiger partial charge in [-0.05, 0) is 19.1 Å². The van der Waals surface area contributed by atoms with E-state index in [1.54, 1.807) is 0 Å². The largest absolute Gasteiger partial charge is 0.493 e. The van der Waals surface area contributed by atoms with Crippen LogP contribution in [0.25, 0.3) is 11.4 Å². The highest BCUT2D eigenvalue weighted by Gasteiger charge is 2.17. The number of aliphatic hydroxyl groups is 1. The van der Waals surface area contributed by atoms with Gasteiger partial charge < -0.3 is 20.1 Å². The van der Waals surface area contributed by atoms with Crippen LogP contribution in [0.3, 0.4) is 0 Å². The molecule has 0 radical (unpaired) electrons. The predicted molar refractivity (Wildman–Crippen MR) is 64.9 cm³/mol. The van der Waals surface area contributed by atoms with Gasteiger partial charge in [-0.25, -0.2) is 0 Å². The number of nitrogens with zero attached hydrogens (tertiary/aromatic N) is 2. The molecule has 0 spiro atoms. The maximum absolute atomic E-state index is 9.51. The van der Waals surface area contributed by atoms with Crippen LogP contribution in [0.1, 0.15) is 18.9 Å². The highest BCUT2D eigenvalue weighted by atomic mass is 16.5. The summed E-state index contributed by atoms with van der Waals surface area (Å²) >= 11 is 0. The number of hydrogen-bond donors (Lipinski definition) is 2. The summed E-state index contributed by atoms with van der Waals surface area (Å²) in [6.07, 6.45) is -0.939. The normalized spacial score (nSPS) is 12.4. The molecule has 0 aliphatic carbocycles. The molecule has 0 saturated heterocycles. The van der Waals surface area contributed by atoms with Crippen LogP contribution in [0.2, 0.25) is 0 Å². The Morgan fingerprint density at radius 1 is 1.44 bits per heavy atom. The molecule has 0 aliphatic heterocycles. The van der Waals surface area contributed by atoms with Gasteiger partial charge in [0.1, 0.15) is 11.9 Å². The molecule has 0 amide bonds. The molecular formula is C12H15N3O3. The third-order valence-corrected chi connectivity index (χ3v) is 2.38. The average molecular weight is 249 g/mol. The molecule has 96 valence electrons. The van der Waals surface area contributed by atoms with E-state index in [1.165, 1.54) is 0 Å². The lowest BCUT2D eigenvalue weighted by molar-refractivity contribution is 0.141.